The number of amides is 2. The van der Waals surface area contributed by atoms with E-state index < -0.39 is 5.91 Å². The molecule has 0 aliphatic heterocycles. The highest BCUT2D eigenvalue weighted by Crippen LogP contribution is 2.09. The smallest absolute Gasteiger partial charge is 0.286 e. The van der Waals surface area contributed by atoms with Gasteiger partial charge in [-0.15, -0.1) is 11.3 Å². The molecule has 0 aliphatic carbocycles. The Morgan fingerprint density at radius 1 is 1.22 bits per heavy atom. The Morgan fingerprint density at radius 3 is 2.78 bits per heavy atom. The number of hydrogen-bond donors (Lipinski definition) is 3. The van der Waals surface area contributed by atoms with Crippen molar-refractivity contribution in [3.63, 3.8) is 0 Å². The zero-order chi connectivity index (χ0) is 12.8. The quantitative estimate of drug-likeness (QED) is 0.579. The van der Waals surface area contributed by atoms with Gasteiger partial charge in [-0.05, 0) is 29.7 Å². The molecule has 2 aromatic heterocycles. The van der Waals surface area contributed by atoms with E-state index in [4.69, 9.17) is 0 Å². The predicted octanol–water partition coefficient (Wildman–Crippen LogP) is 1.55. The first-order chi connectivity index (χ1) is 8.75. The van der Waals surface area contributed by atoms with Crippen molar-refractivity contribution in [2.24, 2.45) is 0 Å². The van der Waals surface area contributed by atoms with Crippen LogP contribution < -0.4 is 10.9 Å². The Hall–Kier alpha value is -2.34. The van der Waals surface area contributed by atoms with Crippen molar-refractivity contribution in [2.45, 2.75) is 0 Å². The number of carbonyl (C=O) groups excluding carboxylic acids is 2. The van der Waals surface area contributed by atoms with Crippen molar-refractivity contribution in [2.75, 3.05) is 0 Å². The Kier molecular flexibility index (Phi) is 3.93. The Morgan fingerprint density at radius 2 is 2.11 bits per heavy atom. The number of nitrogens with one attached hydrogen (secondary N) is 3. The zero-order valence-corrected chi connectivity index (χ0v) is 10.2. The van der Waals surface area contributed by atoms with Gasteiger partial charge >= 0.3 is 0 Å². The van der Waals surface area contributed by atoms with Gasteiger partial charge in [-0.2, -0.15) is 0 Å². The maximum atomic E-state index is 11.5. The minimum Gasteiger partial charge on any atom is -0.357 e. The van der Waals surface area contributed by atoms with E-state index in [1.54, 1.807) is 24.4 Å². The summed E-state index contributed by atoms with van der Waals surface area (Å²) in [6, 6.07) is 7.11. The van der Waals surface area contributed by atoms with Crippen LogP contribution >= 0.6 is 11.3 Å². The number of thiophene rings is 1. The number of H-pyrrole nitrogens is 1. The molecular weight excluding hydrogens is 250 g/mol. The number of aromatic amines is 1. The van der Waals surface area contributed by atoms with E-state index in [0.29, 0.717) is 5.69 Å². The number of rotatable bonds is 3. The molecule has 0 saturated carbocycles. The third-order valence-corrected chi connectivity index (χ3v) is 2.92. The van der Waals surface area contributed by atoms with Crippen LogP contribution in [0.1, 0.15) is 15.4 Å². The molecule has 3 N–H and O–H groups in total. The highest BCUT2D eigenvalue weighted by molar-refractivity contribution is 7.10. The van der Waals surface area contributed by atoms with E-state index in [9.17, 15) is 9.59 Å². The molecule has 0 aliphatic rings. The van der Waals surface area contributed by atoms with E-state index in [2.05, 4.69) is 15.8 Å². The van der Waals surface area contributed by atoms with Gasteiger partial charge < -0.3 is 4.98 Å². The molecule has 92 valence electrons. The molecule has 2 aromatic rings. The van der Waals surface area contributed by atoms with Gasteiger partial charge in [0, 0.05) is 17.2 Å². The fourth-order valence-electron chi connectivity index (χ4n) is 1.24. The van der Waals surface area contributed by atoms with Gasteiger partial charge in [-0.1, -0.05) is 6.07 Å². The van der Waals surface area contributed by atoms with Crippen molar-refractivity contribution in [1.82, 2.24) is 15.8 Å². The van der Waals surface area contributed by atoms with Crippen LogP contribution in [-0.2, 0) is 4.79 Å². The molecule has 5 nitrogen and oxygen atoms in total. The third-order valence-electron chi connectivity index (χ3n) is 2.08. The molecule has 0 bridgehead atoms. The third kappa shape index (κ3) is 3.33. The maximum absolute atomic E-state index is 11.5. The van der Waals surface area contributed by atoms with E-state index in [1.807, 2.05) is 17.5 Å². The van der Waals surface area contributed by atoms with Gasteiger partial charge in [0.15, 0.2) is 0 Å². The SMILES string of the molecule is O=C(/C=C/c1cccs1)NNC(=O)c1ccc[nH]1. The number of aromatic nitrogens is 1. The lowest BCUT2D eigenvalue weighted by Crippen LogP contribution is -2.40. The lowest BCUT2D eigenvalue weighted by Gasteiger charge is -2.02. The molecule has 0 saturated heterocycles. The Bertz CT molecular complexity index is 544. The van der Waals surface area contributed by atoms with Crippen LogP contribution in [-0.4, -0.2) is 16.8 Å². The summed E-state index contributed by atoms with van der Waals surface area (Å²) in [4.78, 5) is 26.6. The Labute approximate surface area is 108 Å². The first-order valence-electron chi connectivity index (χ1n) is 5.21. The lowest BCUT2D eigenvalue weighted by atomic mass is 10.4. The summed E-state index contributed by atoms with van der Waals surface area (Å²) in [7, 11) is 0. The molecule has 18 heavy (non-hydrogen) atoms. The van der Waals surface area contributed by atoms with Crippen molar-refractivity contribution in [3.05, 3.63) is 52.5 Å². The highest BCUT2D eigenvalue weighted by Gasteiger charge is 2.05. The van der Waals surface area contributed by atoms with Crippen molar-refractivity contribution in [1.29, 1.82) is 0 Å². The first kappa shape index (κ1) is 12.1. The molecule has 0 fully saturated rings. The minimum atomic E-state index is -0.391. The normalized spacial score (nSPS) is 10.4. The fourth-order valence-corrected chi connectivity index (χ4v) is 1.86. The second-order valence-corrected chi connectivity index (χ2v) is 4.36. The molecular formula is C12H11N3O2S. The van der Waals surface area contributed by atoms with Crippen molar-refractivity contribution < 1.29 is 9.59 Å². The minimum absolute atomic E-state index is 0.386. The van der Waals surface area contributed by atoms with Gasteiger partial charge in [-0.25, -0.2) is 0 Å². The summed E-state index contributed by atoms with van der Waals surface area (Å²) < 4.78 is 0. The van der Waals surface area contributed by atoms with Gasteiger partial charge in [0.2, 0.25) is 0 Å². The maximum Gasteiger partial charge on any atom is 0.286 e. The van der Waals surface area contributed by atoms with Gasteiger partial charge in [0.1, 0.15) is 5.69 Å². The summed E-state index contributed by atoms with van der Waals surface area (Å²) in [6.45, 7) is 0. The van der Waals surface area contributed by atoms with Crippen LogP contribution in [0.3, 0.4) is 0 Å². The largest absolute Gasteiger partial charge is 0.357 e. The van der Waals surface area contributed by atoms with Gasteiger partial charge in [0.25, 0.3) is 11.8 Å². The predicted molar refractivity (Wildman–Crippen MR) is 69.8 cm³/mol. The molecule has 0 spiro atoms. The topological polar surface area (TPSA) is 74.0 Å². The summed E-state index contributed by atoms with van der Waals surface area (Å²) in [5.41, 5.74) is 4.98. The number of hydrazine groups is 1. The fraction of sp³-hybridized carbons (Fsp3) is 0. The summed E-state index contributed by atoms with van der Waals surface area (Å²) in [5.74, 6) is -0.777. The van der Waals surface area contributed by atoms with Crippen molar-refractivity contribution in [3.8, 4) is 0 Å². The standard InChI is InChI=1S/C12H11N3O2S/c16-11(6-5-9-3-2-8-18-9)14-15-12(17)10-4-1-7-13-10/h1-8,13H,(H,14,16)(H,15,17)/b6-5+. The van der Waals surface area contributed by atoms with Crippen LogP contribution in [0.15, 0.2) is 41.9 Å². The molecule has 2 rings (SSSR count). The van der Waals surface area contributed by atoms with Crippen LogP contribution in [0.5, 0.6) is 0 Å². The van der Waals surface area contributed by atoms with E-state index in [0.717, 1.165) is 4.88 Å². The number of carbonyl (C=O) groups is 2. The zero-order valence-electron chi connectivity index (χ0n) is 9.34. The average Bonchev–Trinajstić information content (AvgIpc) is 3.05. The van der Waals surface area contributed by atoms with Gasteiger partial charge in [-0.3, -0.25) is 20.4 Å². The summed E-state index contributed by atoms with van der Waals surface area (Å²) in [6.07, 6.45) is 4.68. The molecule has 2 amide bonds. The van der Waals surface area contributed by atoms with Gasteiger partial charge in [0.05, 0.1) is 0 Å². The molecule has 6 heteroatoms. The van der Waals surface area contributed by atoms with E-state index in [-0.39, 0.29) is 5.91 Å². The Balaban J connectivity index is 1.80. The van der Waals surface area contributed by atoms with E-state index >= 15 is 0 Å². The lowest BCUT2D eigenvalue weighted by molar-refractivity contribution is -0.117. The highest BCUT2D eigenvalue weighted by atomic mass is 32.1. The molecule has 0 radical (unpaired) electrons. The van der Waals surface area contributed by atoms with Crippen LogP contribution in [0.2, 0.25) is 0 Å². The summed E-state index contributed by atoms with van der Waals surface area (Å²) >= 11 is 1.53. The van der Waals surface area contributed by atoms with Crippen LogP contribution in [0, 0.1) is 0 Å². The molecule has 2 heterocycles. The first-order valence-corrected chi connectivity index (χ1v) is 6.09. The number of hydrogen-bond acceptors (Lipinski definition) is 3. The molecule has 0 aromatic carbocycles. The molecule has 0 unspecified atom stereocenters. The molecule has 0 atom stereocenters. The van der Waals surface area contributed by atoms with E-state index in [1.165, 1.54) is 17.4 Å². The van der Waals surface area contributed by atoms with Crippen LogP contribution in [0.25, 0.3) is 6.08 Å². The second-order valence-electron chi connectivity index (χ2n) is 3.38. The average molecular weight is 261 g/mol. The monoisotopic (exact) mass is 261 g/mol. The second kappa shape index (κ2) is 5.83. The summed E-state index contributed by atoms with van der Waals surface area (Å²) in [5, 5.41) is 1.92. The van der Waals surface area contributed by atoms with Crippen LogP contribution in [0.4, 0.5) is 0 Å². The van der Waals surface area contributed by atoms with Crippen molar-refractivity contribution >= 4 is 29.2 Å².